The van der Waals surface area contributed by atoms with E-state index in [1.165, 1.54) is 31.2 Å². The molecule has 2 aliphatic carbocycles. The number of halogens is 2. The highest BCUT2D eigenvalue weighted by Crippen LogP contribution is 2.36. The van der Waals surface area contributed by atoms with Crippen LogP contribution in [0.1, 0.15) is 48.5 Å². The van der Waals surface area contributed by atoms with Gasteiger partial charge in [0, 0.05) is 24.0 Å². The number of benzene rings is 1. The van der Waals surface area contributed by atoms with Gasteiger partial charge in [-0.2, -0.15) is 19.1 Å². The number of carbonyl (C=O) groups is 1. The number of amides is 1. The Hall–Kier alpha value is -3.04. The topological polar surface area (TPSA) is 143 Å². The summed E-state index contributed by atoms with van der Waals surface area (Å²) < 4.78 is 50.2. The number of alkyl halides is 2. The molecule has 1 aromatic heterocycles. The van der Waals surface area contributed by atoms with Crippen molar-refractivity contribution in [3.63, 3.8) is 0 Å². The zero-order valence-electron chi connectivity index (χ0n) is 17.6. The van der Waals surface area contributed by atoms with Crippen molar-refractivity contribution in [3.05, 3.63) is 36.0 Å². The lowest BCUT2D eigenvalue weighted by Gasteiger charge is -2.33. The molecule has 9 nitrogen and oxygen atoms in total. The molecule has 12 heteroatoms. The normalized spacial score (nSPS) is 23.3. The van der Waals surface area contributed by atoms with Gasteiger partial charge in [0.2, 0.25) is 9.84 Å². The van der Waals surface area contributed by atoms with Crippen LogP contribution in [0.15, 0.2) is 35.4 Å². The first-order chi connectivity index (χ1) is 15.7. The van der Waals surface area contributed by atoms with Gasteiger partial charge in [0.05, 0.1) is 22.9 Å². The van der Waals surface area contributed by atoms with Gasteiger partial charge in [0.25, 0.3) is 5.91 Å². The number of hydrogen-bond donors (Lipinski definition) is 3. The molecule has 0 spiro atoms. The fourth-order valence-electron chi connectivity index (χ4n) is 4.15. The third-order valence-electron chi connectivity index (χ3n) is 6.05. The summed E-state index contributed by atoms with van der Waals surface area (Å²) in [5.41, 5.74) is 5.95. The van der Waals surface area contributed by atoms with Gasteiger partial charge >= 0.3 is 5.76 Å². The second-order valence-electron chi connectivity index (χ2n) is 8.44. The molecule has 0 radical (unpaired) electrons. The molecule has 4 rings (SSSR count). The molecular formula is C21H24F2N6O3S. The summed E-state index contributed by atoms with van der Waals surface area (Å²) in [4.78, 5) is 11.5. The zero-order chi connectivity index (χ0) is 23.8. The van der Waals surface area contributed by atoms with Crippen LogP contribution in [-0.2, 0) is 9.84 Å². The van der Waals surface area contributed by atoms with Crippen LogP contribution in [0.2, 0.25) is 0 Å². The summed E-state index contributed by atoms with van der Waals surface area (Å²) in [6, 6.07) is 7.66. The van der Waals surface area contributed by atoms with E-state index in [1.807, 2.05) is 0 Å². The maximum absolute atomic E-state index is 12.7. The first kappa shape index (κ1) is 23.1. The highest BCUT2D eigenvalue weighted by atomic mass is 32.2. The van der Waals surface area contributed by atoms with Gasteiger partial charge in [-0.05, 0) is 56.4 Å². The maximum Gasteiger partial charge on any atom is 0.341 e. The van der Waals surface area contributed by atoms with Gasteiger partial charge < -0.3 is 16.4 Å². The van der Waals surface area contributed by atoms with Crippen molar-refractivity contribution in [1.82, 2.24) is 15.1 Å². The number of aromatic nitrogens is 2. The number of nitrogens with zero attached hydrogens (tertiary/aromatic N) is 3. The van der Waals surface area contributed by atoms with Crippen molar-refractivity contribution in [2.45, 2.75) is 60.9 Å². The van der Waals surface area contributed by atoms with Crippen LogP contribution < -0.4 is 16.4 Å². The number of anilines is 2. The molecule has 3 atom stereocenters. The van der Waals surface area contributed by atoms with Crippen LogP contribution in [0, 0.1) is 17.2 Å². The second kappa shape index (κ2) is 9.07. The Balaban J connectivity index is 1.53. The predicted molar refractivity (Wildman–Crippen MR) is 116 cm³/mol. The molecule has 33 heavy (non-hydrogen) atoms. The van der Waals surface area contributed by atoms with Gasteiger partial charge in [-0.25, -0.2) is 8.42 Å². The highest BCUT2D eigenvalue weighted by molar-refractivity contribution is 7.91. The second-order valence-corrected chi connectivity index (χ2v) is 10.4. The quantitative estimate of drug-likeness (QED) is 0.529. The van der Waals surface area contributed by atoms with E-state index in [1.54, 1.807) is 4.68 Å². The summed E-state index contributed by atoms with van der Waals surface area (Å²) in [7, 11) is -4.71. The Bertz CT molecular complexity index is 1170. The molecule has 2 fully saturated rings. The summed E-state index contributed by atoms with van der Waals surface area (Å²) in [6.07, 6.45) is 6.12. The van der Waals surface area contributed by atoms with Crippen molar-refractivity contribution in [1.29, 1.82) is 5.26 Å². The first-order valence-electron chi connectivity index (χ1n) is 10.6. The average Bonchev–Trinajstić information content (AvgIpc) is 3.50. The van der Waals surface area contributed by atoms with E-state index in [0.717, 1.165) is 18.6 Å². The average molecular weight is 479 g/mol. The Kier molecular flexibility index (Phi) is 6.36. The summed E-state index contributed by atoms with van der Waals surface area (Å²) >= 11 is 0. The summed E-state index contributed by atoms with van der Waals surface area (Å²) in [5.74, 6) is -4.39. The number of carbonyl (C=O) groups excluding carboxylic acids is 1. The van der Waals surface area contributed by atoms with Crippen LogP contribution >= 0.6 is 0 Å². The molecule has 176 valence electrons. The molecule has 1 heterocycles. The van der Waals surface area contributed by atoms with Gasteiger partial charge in [0.15, 0.2) is 5.82 Å². The molecule has 1 amide bonds. The third kappa shape index (κ3) is 4.99. The minimum atomic E-state index is -4.71. The molecule has 2 saturated carbocycles. The Morgan fingerprint density at radius 1 is 1.18 bits per heavy atom. The van der Waals surface area contributed by atoms with E-state index >= 15 is 0 Å². The summed E-state index contributed by atoms with van der Waals surface area (Å²) in [5, 5.41) is 20.6. The number of nitrogens with two attached hydrogens (primary N) is 1. The maximum atomic E-state index is 12.7. The van der Waals surface area contributed by atoms with Crippen LogP contribution in [0.4, 0.5) is 20.3 Å². The van der Waals surface area contributed by atoms with E-state index in [9.17, 15) is 27.3 Å². The Morgan fingerprint density at radius 2 is 1.85 bits per heavy atom. The SMILES string of the molecule is N#CC1CC(NC2CC2)CCC1n1cc(C(N)=O)c(Nc2ccc(S(=O)(=O)C(F)F)cc2)n1. The predicted octanol–water partition coefficient (Wildman–Crippen LogP) is 2.71. The Labute approximate surface area is 189 Å². The molecule has 0 saturated heterocycles. The van der Waals surface area contributed by atoms with Crippen LogP contribution in [0.25, 0.3) is 0 Å². The van der Waals surface area contributed by atoms with Gasteiger partial charge in [-0.15, -0.1) is 0 Å². The van der Waals surface area contributed by atoms with Gasteiger partial charge in [-0.3, -0.25) is 9.48 Å². The fourth-order valence-corrected chi connectivity index (χ4v) is 4.87. The molecule has 2 aromatic rings. The van der Waals surface area contributed by atoms with Gasteiger partial charge in [0.1, 0.15) is 5.56 Å². The summed E-state index contributed by atoms with van der Waals surface area (Å²) in [6.45, 7) is 0. The minimum absolute atomic E-state index is 0.106. The number of rotatable bonds is 8. The number of nitrogens with one attached hydrogen (secondary N) is 2. The third-order valence-corrected chi connectivity index (χ3v) is 7.44. The van der Waals surface area contributed by atoms with Crippen LogP contribution in [0.5, 0.6) is 0 Å². The minimum Gasteiger partial charge on any atom is -0.365 e. The number of primary amides is 1. The van der Waals surface area contributed by atoms with Crippen molar-refractivity contribution in [2.75, 3.05) is 5.32 Å². The largest absolute Gasteiger partial charge is 0.365 e. The molecule has 3 unspecified atom stereocenters. The van der Waals surface area contributed by atoms with E-state index in [0.29, 0.717) is 24.6 Å². The Morgan fingerprint density at radius 3 is 2.42 bits per heavy atom. The van der Waals surface area contributed by atoms with E-state index < -0.39 is 26.4 Å². The lowest BCUT2D eigenvalue weighted by atomic mass is 9.82. The lowest BCUT2D eigenvalue weighted by Crippen LogP contribution is -2.39. The molecule has 0 aliphatic heterocycles. The zero-order valence-corrected chi connectivity index (χ0v) is 18.4. The lowest BCUT2D eigenvalue weighted by molar-refractivity contribution is 0.100. The molecule has 2 aliphatic rings. The van der Waals surface area contributed by atoms with Crippen LogP contribution in [-0.4, -0.2) is 41.9 Å². The fraction of sp³-hybridized carbons (Fsp3) is 0.476. The number of nitriles is 1. The standard InChI is InChI=1S/C21H24F2N6O3S/c22-21(23)33(31,32)16-6-3-14(4-7-16)27-20-17(19(25)30)11-29(28-20)18-8-5-15(9-12(18)10-24)26-13-1-2-13/h3-4,6-7,11-13,15,18,21,26H,1-2,5,8-9H2,(H2,25,30)(H,27,28). The van der Waals surface area contributed by atoms with Crippen molar-refractivity contribution < 1.29 is 22.0 Å². The van der Waals surface area contributed by atoms with E-state index in [2.05, 4.69) is 21.8 Å². The van der Waals surface area contributed by atoms with E-state index in [-0.39, 0.29) is 29.4 Å². The van der Waals surface area contributed by atoms with Crippen molar-refractivity contribution >= 4 is 27.2 Å². The van der Waals surface area contributed by atoms with Crippen LogP contribution in [0.3, 0.4) is 0 Å². The molecule has 0 bridgehead atoms. The number of hydrogen-bond acceptors (Lipinski definition) is 7. The van der Waals surface area contributed by atoms with Crippen molar-refractivity contribution in [2.24, 2.45) is 11.7 Å². The smallest absolute Gasteiger partial charge is 0.341 e. The monoisotopic (exact) mass is 478 g/mol. The molecular weight excluding hydrogens is 454 g/mol. The van der Waals surface area contributed by atoms with Gasteiger partial charge in [-0.1, -0.05) is 0 Å². The highest BCUT2D eigenvalue weighted by Gasteiger charge is 2.35. The number of sulfone groups is 1. The van der Waals surface area contributed by atoms with Crippen molar-refractivity contribution in [3.8, 4) is 6.07 Å². The van der Waals surface area contributed by atoms with E-state index in [4.69, 9.17) is 5.73 Å². The first-order valence-corrected chi connectivity index (χ1v) is 12.2. The molecule has 1 aromatic carbocycles. The molecule has 4 N–H and O–H groups in total.